The summed E-state index contributed by atoms with van der Waals surface area (Å²) < 4.78 is 0. The smallest absolute Gasteiger partial charge is 0.138 e. The van der Waals surface area contributed by atoms with Crippen LogP contribution in [0.15, 0.2) is 36.8 Å². The van der Waals surface area contributed by atoms with E-state index in [2.05, 4.69) is 9.97 Å². The van der Waals surface area contributed by atoms with Crippen LogP contribution in [0.1, 0.15) is 0 Å². The van der Waals surface area contributed by atoms with Gasteiger partial charge in [-0.05, 0) is 12.1 Å². The Bertz CT molecular complexity index is 422. The first kappa shape index (κ1) is 8.97. The number of rotatable bonds is 1. The van der Waals surface area contributed by atoms with Crippen molar-refractivity contribution in [3.05, 3.63) is 41.9 Å². The van der Waals surface area contributed by atoms with Crippen LogP contribution in [0.5, 0.6) is 0 Å². The summed E-state index contributed by atoms with van der Waals surface area (Å²) >= 11 is 5.95. The summed E-state index contributed by atoms with van der Waals surface area (Å²) in [5, 5.41) is 0.401. The van der Waals surface area contributed by atoms with Crippen molar-refractivity contribution in [2.45, 2.75) is 0 Å². The van der Waals surface area contributed by atoms with Gasteiger partial charge in [0, 0.05) is 35.4 Å². The molecule has 0 spiro atoms. The molecule has 0 unspecified atom stereocenters. The molecule has 0 radical (unpaired) electrons. The van der Waals surface area contributed by atoms with E-state index in [1.165, 1.54) is 0 Å². The number of nitrogen functional groups attached to an aromatic ring is 1. The monoisotopic (exact) mass is 205 g/mol. The molecule has 70 valence electrons. The van der Waals surface area contributed by atoms with Gasteiger partial charge in [0.1, 0.15) is 5.15 Å². The Morgan fingerprint density at radius 1 is 1.21 bits per heavy atom. The van der Waals surface area contributed by atoms with E-state index in [0.29, 0.717) is 10.8 Å². The number of hydrogen-bond donors (Lipinski definition) is 1. The molecular formula is C10H8ClN3. The van der Waals surface area contributed by atoms with Crippen molar-refractivity contribution in [2.75, 3.05) is 5.73 Å². The van der Waals surface area contributed by atoms with Crippen molar-refractivity contribution in [1.82, 2.24) is 9.97 Å². The lowest BCUT2D eigenvalue weighted by molar-refractivity contribution is 1.30. The van der Waals surface area contributed by atoms with Crippen LogP contribution in [0.2, 0.25) is 5.15 Å². The van der Waals surface area contributed by atoms with Gasteiger partial charge >= 0.3 is 0 Å². The Balaban J connectivity index is 2.63. The highest BCUT2D eigenvalue weighted by Crippen LogP contribution is 2.30. The Kier molecular flexibility index (Phi) is 2.33. The zero-order valence-corrected chi connectivity index (χ0v) is 8.07. The molecule has 0 saturated carbocycles. The summed E-state index contributed by atoms with van der Waals surface area (Å²) in [5.74, 6) is 0. The van der Waals surface area contributed by atoms with Crippen molar-refractivity contribution in [1.29, 1.82) is 0 Å². The predicted octanol–water partition coefficient (Wildman–Crippen LogP) is 2.38. The van der Waals surface area contributed by atoms with Gasteiger partial charge in [-0.3, -0.25) is 4.98 Å². The number of halogens is 1. The third-order valence-electron chi connectivity index (χ3n) is 1.89. The van der Waals surface area contributed by atoms with Gasteiger partial charge in [0.25, 0.3) is 0 Å². The van der Waals surface area contributed by atoms with Crippen LogP contribution in [-0.4, -0.2) is 9.97 Å². The Hall–Kier alpha value is -1.61. The lowest BCUT2D eigenvalue weighted by atomic mass is 10.1. The zero-order valence-electron chi connectivity index (χ0n) is 7.31. The minimum atomic E-state index is 0.401. The van der Waals surface area contributed by atoms with Crippen LogP contribution in [0.25, 0.3) is 11.1 Å². The van der Waals surface area contributed by atoms with E-state index >= 15 is 0 Å². The number of nitrogens with two attached hydrogens (primary N) is 1. The van der Waals surface area contributed by atoms with E-state index in [4.69, 9.17) is 17.3 Å². The second-order valence-electron chi connectivity index (χ2n) is 2.81. The third kappa shape index (κ3) is 1.54. The highest BCUT2D eigenvalue weighted by molar-refractivity contribution is 6.32. The van der Waals surface area contributed by atoms with Crippen LogP contribution in [0.3, 0.4) is 0 Å². The fourth-order valence-electron chi connectivity index (χ4n) is 1.25. The molecule has 2 heterocycles. The summed E-state index contributed by atoms with van der Waals surface area (Å²) in [6.45, 7) is 0. The summed E-state index contributed by atoms with van der Waals surface area (Å²) in [6.07, 6.45) is 4.99. The molecule has 0 amide bonds. The van der Waals surface area contributed by atoms with E-state index in [1.807, 2.05) is 12.1 Å². The first-order valence-corrected chi connectivity index (χ1v) is 4.47. The molecule has 0 aliphatic rings. The van der Waals surface area contributed by atoms with Crippen LogP contribution in [-0.2, 0) is 0 Å². The largest absolute Gasteiger partial charge is 0.398 e. The van der Waals surface area contributed by atoms with Gasteiger partial charge in [-0.1, -0.05) is 17.7 Å². The first-order valence-electron chi connectivity index (χ1n) is 4.09. The average Bonchev–Trinajstić information content (AvgIpc) is 2.19. The summed E-state index contributed by atoms with van der Waals surface area (Å²) in [6, 6.07) is 5.44. The number of hydrogen-bond acceptors (Lipinski definition) is 3. The second-order valence-corrected chi connectivity index (χ2v) is 3.17. The van der Waals surface area contributed by atoms with E-state index in [0.717, 1.165) is 11.1 Å². The molecule has 0 aliphatic carbocycles. The van der Waals surface area contributed by atoms with Crippen LogP contribution >= 0.6 is 11.6 Å². The van der Waals surface area contributed by atoms with Gasteiger partial charge in [0.15, 0.2) is 0 Å². The van der Waals surface area contributed by atoms with E-state index < -0.39 is 0 Å². The lowest BCUT2D eigenvalue weighted by Gasteiger charge is -2.05. The number of aromatic nitrogens is 2. The van der Waals surface area contributed by atoms with Gasteiger partial charge in [-0.15, -0.1) is 0 Å². The van der Waals surface area contributed by atoms with Crippen molar-refractivity contribution >= 4 is 17.3 Å². The molecule has 2 N–H and O–H groups in total. The number of pyridine rings is 2. The highest BCUT2D eigenvalue weighted by Gasteiger charge is 2.07. The average molecular weight is 206 g/mol. The molecule has 0 atom stereocenters. The quantitative estimate of drug-likeness (QED) is 0.728. The minimum Gasteiger partial charge on any atom is -0.398 e. The molecule has 0 aliphatic heterocycles. The van der Waals surface area contributed by atoms with Crippen molar-refractivity contribution in [3.63, 3.8) is 0 Å². The Morgan fingerprint density at radius 3 is 2.71 bits per heavy atom. The standard InChI is InChI=1S/C10H8ClN3/c11-10-9(8(12)3-5-14-10)7-2-1-4-13-6-7/h1-6H,(H2,12,14). The predicted molar refractivity (Wildman–Crippen MR) is 56.9 cm³/mol. The number of nitrogens with zero attached hydrogens (tertiary/aromatic N) is 2. The zero-order chi connectivity index (χ0) is 9.97. The van der Waals surface area contributed by atoms with E-state index in [-0.39, 0.29) is 0 Å². The Morgan fingerprint density at radius 2 is 2.07 bits per heavy atom. The number of anilines is 1. The molecule has 14 heavy (non-hydrogen) atoms. The Labute approximate surface area is 86.6 Å². The molecule has 4 heteroatoms. The van der Waals surface area contributed by atoms with Crippen molar-refractivity contribution in [2.24, 2.45) is 0 Å². The maximum absolute atomic E-state index is 5.95. The second kappa shape index (κ2) is 3.64. The highest BCUT2D eigenvalue weighted by atomic mass is 35.5. The van der Waals surface area contributed by atoms with Crippen LogP contribution < -0.4 is 5.73 Å². The van der Waals surface area contributed by atoms with Crippen LogP contribution in [0, 0.1) is 0 Å². The molecule has 2 aromatic heterocycles. The first-order chi connectivity index (χ1) is 6.79. The molecule has 0 bridgehead atoms. The van der Waals surface area contributed by atoms with Crippen molar-refractivity contribution < 1.29 is 0 Å². The summed E-state index contributed by atoms with van der Waals surface area (Å²) in [4.78, 5) is 7.98. The van der Waals surface area contributed by atoms with Crippen molar-refractivity contribution in [3.8, 4) is 11.1 Å². The normalized spacial score (nSPS) is 10.1. The fraction of sp³-hybridized carbons (Fsp3) is 0. The van der Waals surface area contributed by atoms with E-state index in [9.17, 15) is 0 Å². The molecule has 0 fully saturated rings. The maximum Gasteiger partial charge on any atom is 0.138 e. The van der Waals surface area contributed by atoms with Gasteiger partial charge < -0.3 is 5.73 Å². The summed E-state index contributed by atoms with van der Waals surface area (Å²) in [5.41, 5.74) is 8.03. The van der Waals surface area contributed by atoms with Gasteiger partial charge in [0.2, 0.25) is 0 Å². The summed E-state index contributed by atoms with van der Waals surface area (Å²) in [7, 11) is 0. The van der Waals surface area contributed by atoms with Crippen LogP contribution in [0.4, 0.5) is 5.69 Å². The molecule has 0 saturated heterocycles. The molecule has 2 aromatic rings. The topological polar surface area (TPSA) is 51.8 Å². The van der Waals surface area contributed by atoms with Gasteiger partial charge in [0.05, 0.1) is 0 Å². The molecule has 3 nitrogen and oxygen atoms in total. The third-order valence-corrected chi connectivity index (χ3v) is 2.17. The maximum atomic E-state index is 5.95. The molecular weight excluding hydrogens is 198 g/mol. The molecule has 0 aromatic carbocycles. The van der Waals surface area contributed by atoms with Gasteiger partial charge in [-0.2, -0.15) is 0 Å². The lowest BCUT2D eigenvalue weighted by Crippen LogP contribution is -1.92. The fourth-order valence-corrected chi connectivity index (χ4v) is 1.52. The SMILES string of the molecule is Nc1ccnc(Cl)c1-c1cccnc1. The van der Waals surface area contributed by atoms with E-state index in [1.54, 1.807) is 24.7 Å². The molecule has 2 rings (SSSR count). The van der Waals surface area contributed by atoms with Gasteiger partial charge in [-0.25, -0.2) is 4.98 Å². The minimum absolute atomic E-state index is 0.401.